The average molecular weight is 264 g/mol. The summed E-state index contributed by atoms with van der Waals surface area (Å²) < 4.78 is 13.1. The second kappa shape index (κ2) is 6.07. The Balaban J connectivity index is 1.85. The van der Waals surface area contributed by atoms with E-state index in [4.69, 9.17) is 0 Å². The van der Waals surface area contributed by atoms with Gasteiger partial charge in [-0.1, -0.05) is 12.1 Å². The number of halogens is 1. The van der Waals surface area contributed by atoms with Crippen LogP contribution in [0.4, 0.5) is 4.39 Å². The van der Waals surface area contributed by atoms with E-state index in [9.17, 15) is 4.39 Å². The first-order valence-corrected chi connectivity index (χ1v) is 6.92. The SMILES string of the molecule is Cc1ncsc1CCNC(C)c1cccc(F)c1. The van der Waals surface area contributed by atoms with Crippen molar-refractivity contribution in [2.45, 2.75) is 26.3 Å². The number of benzene rings is 1. The van der Waals surface area contributed by atoms with Crippen LogP contribution in [0.15, 0.2) is 29.8 Å². The van der Waals surface area contributed by atoms with Crippen molar-refractivity contribution in [3.05, 3.63) is 51.7 Å². The zero-order valence-electron chi connectivity index (χ0n) is 10.6. The van der Waals surface area contributed by atoms with Crippen LogP contribution < -0.4 is 5.32 Å². The highest BCUT2D eigenvalue weighted by Gasteiger charge is 2.06. The summed E-state index contributed by atoms with van der Waals surface area (Å²) >= 11 is 1.69. The molecule has 0 fully saturated rings. The zero-order valence-corrected chi connectivity index (χ0v) is 11.4. The van der Waals surface area contributed by atoms with Gasteiger partial charge in [0.1, 0.15) is 5.82 Å². The van der Waals surface area contributed by atoms with Crippen LogP contribution in [0.2, 0.25) is 0 Å². The molecule has 0 amide bonds. The van der Waals surface area contributed by atoms with Crippen LogP contribution in [0.25, 0.3) is 0 Å². The Morgan fingerprint density at radius 2 is 2.28 bits per heavy atom. The van der Waals surface area contributed by atoms with Crippen molar-refractivity contribution in [3.63, 3.8) is 0 Å². The molecule has 1 N–H and O–H groups in total. The lowest BCUT2D eigenvalue weighted by Crippen LogP contribution is -2.21. The minimum Gasteiger partial charge on any atom is -0.310 e. The molecule has 18 heavy (non-hydrogen) atoms. The van der Waals surface area contributed by atoms with Gasteiger partial charge in [0.15, 0.2) is 0 Å². The van der Waals surface area contributed by atoms with Gasteiger partial charge in [-0.2, -0.15) is 0 Å². The molecule has 1 atom stereocenters. The van der Waals surface area contributed by atoms with Crippen molar-refractivity contribution >= 4 is 11.3 Å². The molecule has 0 aliphatic carbocycles. The molecule has 2 rings (SSSR count). The Kier molecular flexibility index (Phi) is 4.44. The van der Waals surface area contributed by atoms with Crippen LogP contribution >= 0.6 is 11.3 Å². The van der Waals surface area contributed by atoms with Crippen molar-refractivity contribution < 1.29 is 4.39 Å². The largest absolute Gasteiger partial charge is 0.310 e. The van der Waals surface area contributed by atoms with Crippen molar-refractivity contribution in [3.8, 4) is 0 Å². The third-order valence-corrected chi connectivity index (χ3v) is 3.99. The third kappa shape index (κ3) is 3.37. The number of nitrogens with one attached hydrogen (secondary N) is 1. The first-order valence-electron chi connectivity index (χ1n) is 6.04. The van der Waals surface area contributed by atoms with Crippen LogP contribution in [0, 0.1) is 12.7 Å². The standard InChI is InChI=1S/C14H17FN2S/c1-10(12-4-3-5-13(15)8-12)16-7-6-14-11(2)17-9-18-14/h3-5,8-10,16H,6-7H2,1-2H3. The summed E-state index contributed by atoms with van der Waals surface area (Å²) in [6, 6.07) is 6.90. The van der Waals surface area contributed by atoms with Crippen LogP contribution in [0.5, 0.6) is 0 Å². The van der Waals surface area contributed by atoms with Gasteiger partial charge < -0.3 is 5.32 Å². The molecule has 0 spiro atoms. The fourth-order valence-corrected chi connectivity index (χ4v) is 2.64. The summed E-state index contributed by atoms with van der Waals surface area (Å²) in [5.74, 6) is -0.181. The maximum atomic E-state index is 13.1. The van der Waals surface area contributed by atoms with Crippen molar-refractivity contribution in [1.82, 2.24) is 10.3 Å². The van der Waals surface area contributed by atoms with E-state index < -0.39 is 0 Å². The number of rotatable bonds is 5. The molecule has 2 aromatic rings. The molecule has 0 radical (unpaired) electrons. The quantitative estimate of drug-likeness (QED) is 0.894. The molecule has 2 nitrogen and oxygen atoms in total. The highest BCUT2D eigenvalue weighted by Crippen LogP contribution is 2.15. The van der Waals surface area contributed by atoms with Gasteiger partial charge in [-0.25, -0.2) is 9.37 Å². The Morgan fingerprint density at radius 3 is 2.94 bits per heavy atom. The predicted octanol–water partition coefficient (Wildman–Crippen LogP) is 3.48. The molecule has 0 bridgehead atoms. The van der Waals surface area contributed by atoms with Gasteiger partial charge in [0.05, 0.1) is 11.2 Å². The Hall–Kier alpha value is -1.26. The first kappa shape index (κ1) is 13.2. The fourth-order valence-electron chi connectivity index (χ4n) is 1.86. The van der Waals surface area contributed by atoms with E-state index in [1.807, 2.05) is 25.4 Å². The minimum absolute atomic E-state index is 0.161. The van der Waals surface area contributed by atoms with Gasteiger partial charge in [0.2, 0.25) is 0 Å². The fraction of sp³-hybridized carbons (Fsp3) is 0.357. The van der Waals surface area contributed by atoms with E-state index in [1.54, 1.807) is 23.5 Å². The average Bonchev–Trinajstić information content (AvgIpc) is 2.75. The third-order valence-electron chi connectivity index (χ3n) is 3.00. The topological polar surface area (TPSA) is 24.9 Å². The number of thiazole rings is 1. The molecule has 1 aromatic carbocycles. The first-order chi connectivity index (χ1) is 8.66. The molecular formula is C14H17FN2S. The van der Waals surface area contributed by atoms with E-state index in [0.717, 1.165) is 24.2 Å². The number of aromatic nitrogens is 1. The highest BCUT2D eigenvalue weighted by molar-refractivity contribution is 7.09. The lowest BCUT2D eigenvalue weighted by molar-refractivity contribution is 0.568. The minimum atomic E-state index is -0.181. The molecule has 0 saturated carbocycles. The van der Waals surface area contributed by atoms with Crippen LogP contribution in [-0.4, -0.2) is 11.5 Å². The number of aryl methyl sites for hydroxylation is 1. The lowest BCUT2D eigenvalue weighted by atomic mass is 10.1. The molecule has 0 aliphatic heterocycles. The summed E-state index contributed by atoms with van der Waals surface area (Å²) in [6.45, 7) is 4.96. The van der Waals surface area contributed by atoms with E-state index in [2.05, 4.69) is 10.3 Å². The smallest absolute Gasteiger partial charge is 0.123 e. The Morgan fingerprint density at radius 1 is 1.44 bits per heavy atom. The monoisotopic (exact) mass is 264 g/mol. The second-order valence-electron chi connectivity index (χ2n) is 4.34. The van der Waals surface area contributed by atoms with E-state index in [0.29, 0.717) is 0 Å². The van der Waals surface area contributed by atoms with E-state index >= 15 is 0 Å². The number of hydrogen-bond donors (Lipinski definition) is 1. The maximum absolute atomic E-state index is 13.1. The number of hydrogen-bond acceptors (Lipinski definition) is 3. The van der Waals surface area contributed by atoms with Gasteiger partial charge in [0, 0.05) is 17.5 Å². The summed E-state index contributed by atoms with van der Waals surface area (Å²) in [6.07, 6.45) is 0.968. The molecule has 96 valence electrons. The lowest BCUT2D eigenvalue weighted by Gasteiger charge is -2.14. The van der Waals surface area contributed by atoms with E-state index in [1.165, 1.54) is 10.9 Å². The summed E-state index contributed by atoms with van der Waals surface area (Å²) in [5, 5.41) is 3.40. The molecular weight excluding hydrogens is 247 g/mol. The van der Waals surface area contributed by atoms with Gasteiger partial charge in [-0.3, -0.25) is 0 Å². The summed E-state index contributed by atoms with van der Waals surface area (Å²) in [5.41, 5.74) is 3.97. The molecule has 0 aliphatic rings. The Bertz CT molecular complexity index is 510. The highest BCUT2D eigenvalue weighted by atomic mass is 32.1. The van der Waals surface area contributed by atoms with Crippen LogP contribution in [-0.2, 0) is 6.42 Å². The molecule has 1 aromatic heterocycles. The number of nitrogens with zero attached hydrogens (tertiary/aromatic N) is 1. The van der Waals surface area contributed by atoms with Crippen molar-refractivity contribution in [2.75, 3.05) is 6.54 Å². The summed E-state index contributed by atoms with van der Waals surface area (Å²) in [4.78, 5) is 5.54. The van der Waals surface area contributed by atoms with Gasteiger partial charge in [-0.15, -0.1) is 11.3 Å². The molecule has 0 saturated heterocycles. The van der Waals surface area contributed by atoms with Gasteiger partial charge in [0.25, 0.3) is 0 Å². The van der Waals surface area contributed by atoms with Crippen molar-refractivity contribution in [1.29, 1.82) is 0 Å². The van der Waals surface area contributed by atoms with E-state index in [-0.39, 0.29) is 11.9 Å². The van der Waals surface area contributed by atoms with Gasteiger partial charge in [-0.05, 0) is 38.0 Å². The maximum Gasteiger partial charge on any atom is 0.123 e. The van der Waals surface area contributed by atoms with Crippen LogP contribution in [0.1, 0.15) is 29.1 Å². The predicted molar refractivity (Wildman–Crippen MR) is 73.4 cm³/mol. The Labute approximate surface area is 111 Å². The van der Waals surface area contributed by atoms with Crippen molar-refractivity contribution in [2.24, 2.45) is 0 Å². The summed E-state index contributed by atoms with van der Waals surface area (Å²) in [7, 11) is 0. The molecule has 1 heterocycles. The normalized spacial score (nSPS) is 12.6. The molecule has 4 heteroatoms. The van der Waals surface area contributed by atoms with Crippen LogP contribution in [0.3, 0.4) is 0 Å². The zero-order chi connectivity index (χ0) is 13.0. The second-order valence-corrected chi connectivity index (χ2v) is 5.28. The molecule has 1 unspecified atom stereocenters. The van der Waals surface area contributed by atoms with Gasteiger partial charge >= 0.3 is 0 Å².